The fraction of sp³-hybridized carbons (Fsp3) is 0.0417. The van der Waals surface area contributed by atoms with Gasteiger partial charge in [-0.05, 0) is 31.2 Å². The number of nitrogens with zero attached hydrogens (tertiary/aromatic N) is 2. The molecule has 3 aromatic carbocycles. The van der Waals surface area contributed by atoms with Crippen LogP contribution in [0.4, 0.5) is 5.69 Å². The molecule has 29 heavy (non-hydrogen) atoms. The first-order valence-corrected chi connectivity index (χ1v) is 9.25. The van der Waals surface area contributed by atoms with Gasteiger partial charge in [0.1, 0.15) is 5.69 Å². The molecule has 1 aromatic heterocycles. The van der Waals surface area contributed by atoms with Gasteiger partial charge in [0.25, 0.3) is 5.91 Å². The average molecular weight is 381 g/mol. The summed E-state index contributed by atoms with van der Waals surface area (Å²) in [5, 5.41) is 7.54. The van der Waals surface area contributed by atoms with Gasteiger partial charge >= 0.3 is 0 Å². The Balaban J connectivity index is 1.73. The highest BCUT2D eigenvalue weighted by Crippen LogP contribution is 2.25. The summed E-state index contributed by atoms with van der Waals surface area (Å²) in [4.78, 5) is 24.7. The number of anilines is 1. The van der Waals surface area contributed by atoms with Crippen LogP contribution in [-0.2, 0) is 0 Å². The largest absolute Gasteiger partial charge is 0.322 e. The van der Waals surface area contributed by atoms with Gasteiger partial charge in [-0.3, -0.25) is 9.59 Å². The van der Waals surface area contributed by atoms with Crippen LogP contribution >= 0.6 is 0 Å². The lowest BCUT2D eigenvalue weighted by atomic mass is 10.1. The van der Waals surface area contributed by atoms with E-state index in [0.29, 0.717) is 22.5 Å². The SMILES string of the molecule is CC(=O)c1cccc(NC(=O)c2cn(-c3ccccc3)nc2-c2ccccc2)c1. The summed E-state index contributed by atoms with van der Waals surface area (Å²) >= 11 is 0. The molecule has 5 heteroatoms. The van der Waals surface area contributed by atoms with Gasteiger partial charge in [-0.25, -0.2) is 4.68 Å². The molecule has 0 atom stereocenters. The molecule has 1 heterocycles. The summed E-state index contributed by atoms with van der Waals surface area (Å²) in [6.45, 7) is 1.50. The summed E-state index contributed by atoms with van der Waals surface area (Å²) in [5.74, 6) is -0.338. The fourth-order valence-electron chi connectivity index (χ4n) is 3.08. The van der Waals surface area contributed by atoms with Gasteiger partial charge < -0.3 is 5.32 Å². The van der Waals surface area contributed by atoms with Crippen molar-refractivity contribution in [1.82, 2.24) is 9.78 Å². The molecule has 0 aliphatic carbocycles. The molecule has 0 saturated heterocycles. The Hall–Kier alpha value is -3.99. The van der Waals surface area contributed by atoms with Gasteiger partial charge in [0.15, 0.2) is 5.78 Å². The van der Waals surface area contributed by atoms with Crippen LogP contribution in [0, 0.1) is 0 Å². The number of benzene rings is 3. The van der Waals surface area contributed by atoms with Gasteiger partial charge in [0.05, 0.1) is 11.3 Å². The van der Waals surface area contributed by atoms with Crippen LogP contribution in [0.25, 0.3) is 16.9 Å². The molecule has 142 valence electrons. The molecular weight excluding hydrogens is 362 g/mol. The summed E-state index contributed by atoms with van der Waals surface area (Å²) < 4.78 is 1.70. The standard InChI is InChI=1S/C24H19N3O2/c1-17(28)19-11-8-12-20(15-19)25-24(29)22-16-27(21-13-6-3-7-14-21)26-23(22)18-9-4-2-5-10-18/h2-16H,1H3,(H,25,29). The van der Waals surface area contributed by atoms with Crippen molar-refractivity contribution < 1.29 is 9.59 Å². The Morgan fingerprint density at radius 2 is 1.55 bits per heavy atom. The first-order valence-electron chi connectivity index (χ1n) is 9.25. The minimum absolute atomic E-state index is 0.0528. The van der Waals surface area contributed by atoms with Crippen LogP contribution in [0.15, 0.2) is 91.1 Å². The number of hydrogen-bond donors (Lipinski definition) is 1. The van der Waals surface area contributed by atoms with Crippen LogP contribution in [-0.4, -0.2) is 21.5 Å². The van der Waals surface area contributed by atoms with E-state index in [2.05, 4.69) is 10.4 Å². The number of carbonyl (C=O) groups excluding carboxylic acids is 2. The second kappa shape index (κ2) is 7.94. The summed E-state index contributed by atoms with van der Waals surface area (Å²) in [7, 11) is 0. The van der Waals surface area contributed by atoms with E-state index in [1.54, 1.807) is 35.1 Å². The maximum Gasteiger partial charge on any atom is 0.259 e. The number of para-hydroxylation sites is 1. The van der Waals surface area contributed by atoms with Gasteiger partial charge in [-0.2, -0.15) is 5.10 Å². The minimum Gasteiger partial charge on any atom is -0.322 e. The molecule has 5 nitrogen and oxygen atoms in total. The van der Waals surface area contributed by atoms with Crippen molar-refractivity contribution in [2.45, 2.75) is 6.92 Å². The summed E-state index contributed by atoms with van der Waals surface area (Å²) in [6, 6.07) is 26.1. The Kier molecular flexibility index (Phi) is 5.03. The maximum absolute atomic E-state index is 13.1. The Bertz CT molecular complexity index is 1170. The van der Waals surface area contributed by atoms with E-state index >= 15 is 0 Å². The number of hydrogen-bond acceptors (Lipinski definition) is 3. The lowest BCUT2D eigenvalue weighted by Gasteiger charge is -2.06. The Morgan fingerprint density at radius 1 is 0.862 bits per heavy atom. The summed E-state index contributed by atoms with van der Waals surface area (Å²) in [6.07, 6.45) is 1.72. The first kappa shape index (κ1) is 18.4. The number of aromatic nitrogens is 2. The Labute approximate surface area is 168 Å². The maximum atomic E-state index is 13.1. The van der Waals surface area contributed by atoms with E-state index in [1.165, 1.54) is 6.92 Å². The topological polar surface area (TPSA) is 64.0 Å². The second-order valence-electron chi connectivity index (χ2n) is 6.63. The zero-order chi connectivity index (χ0) is 20.2. The summed E-state index contributed by atoms with van der Waals surface area (Å²) in [5.41, 5.74) is 3.87. The monoisotopic (exact) mass is 381 g/mol. The number of carbonyl (C=O) groups is 2. The molecule has 1 N–H and O–H groups in total. The van der Waals surface area contributed by atoms with Gasteiger partial charge in [0.2, 0.25) is 0 Å². The molecule has 1 amide bonds. The predicted molar refractivity (Wildman–Crippen MR) is 113 cm³/mol. The van der Waals surface area contributed by atoms with Crippen LogP contribution in [0.3, 0.4) is 0 Å². The van der Waals surface area contributed by atoms with Crippen molar-refractivity contribution in [3.63, 3.8) is 0 Å². The molecule has 0 unspecified atom stereocenters. The van der Waals surface area contributed by atoms with Crippen molar-refractivity contribution in [2.75, 3.05) is 5.32 Å². The van der Waals surface area contributed by atoms with Crippen molar-refractivity contribution in [3.05, 3.63) is 102 Å². The number of nitrogens with one attached hydrogen (secondary N) is 1. The lowest BCUT2D eigenvalue weighted by Crippen LogP contribution is -2.12. The molecule has 0 aliphatic rings. The van der Waals surface area contributed by atoms with Crippen LogP contribution in [0.1, 0.15) is 27.6 Å². The molecule has 0 radical (unpaired) electrons. The van der Waals surface area contributed by atoms with E-state index in [4.69, 9.17) is 0 Å². The van der Waals surface area contributed by atoms with Gasteiger partial charge in [0, 0.05) is 23.0 Å². The molecule has 0 bridgehead atoms. The number of amides is 1. The van der Waals surface area contributed by atoms with E-state index in [1.807, 2.05) is 60.7 Å². The van der Waals surface area contributed by atoms with E-state index in [0.717, 1.165) is 11.3 Å². The van der Waals surface area contributed by atoms with Crippen molar-refractivity contribution in [1.29, 1.82) is 0 Å². The van der Waals surface area contributed by atoms with Crippen LogP contribution in [0.5, 0.6) is 0 Å². The molecular formula is C24H19N3O2. The zero-order valence-corrected chi connectivity index (χ0v) is 15.9. The highest BCUT2D eigenvalue weighted by molar-refractivity contribution is 6.08. The van der Waals surface area contributed by atoms with Crippen LogP contribution in [0.2, 0.25) is 0 Å². The number of ketones is 1. The highest BCUT2D eigenvalue weighted by atomic mass is 16.1. The van der Waals surface area contributed by atoms with E-state index < -0.39 is 0 Å². The third-order valence-corrected chi connectivity index (χ3v) is 4.55. The number of rotatable bonds is 5. The molecule has 0 spiro atoms. The lowest BCUT2D eigenvalue weighted by molar-refractivity contribution is 0.101. The predicted octanol–water partition coefficient (Wildman–Crippen LogP) is 4.99. The van der Waals surface area contributed by atoms with E-state index in [9.17, 15) is 9.59 Å². The second-order valence-corrected chi connectivity index (χ2v) is 6.63. The molecule has 0 aliphatic heterocycles. The average Bonchev–Trinajstić information content (AvgIpc) is 3.21. The molecule has 4 aromatic rings. The molecule has 4 rings (SSSR count). The van der Waals surface area contributed by atoms with Gasteiger partial charge in [-0.1, -0.05) is 60.7 Å². The third kappa shape index (κ3) is 3.99. The zero-order valence-electron chi connectivity index (χ0n) is 15.9. The molecule has 0 fully saturated rings. The van der Waals surface area contributed by atoms with Crippen molar-refractivity contribution in [3.8, 4) is 16.9 Å². The highest BCUT2D eigenvalue weighted by Gasteiger charge is 2.19. The Morgan fingerprint density at radius 3 is 2.24 bits per heavy atom. The van der Waals surface area contributed by atoms with Crippen molar-refractivity contribution >= 4 is 17.4 Å². The quantitative estimate of drug-likeness (QED) is 0.495. The smallest absolute Gasteiger partial charge is 0.259 e. The number of Topliss-reactive ketones (excluding diaryl/α,β-unsaturated/α-hetero) is 1. The van der Waals surface area contributed by atoms with E-state index in [-0.39, 0.29) is 11.7 Å². The first-order chi connectivity index (χ1) is 14.1. The third-order valence-electron chi connectivity index (χ3n) is 4.55. The normalized spacial score (nSPS) is 10.5. The fourth-order valence-corrected chi connectivity index (χ4v) is 3.08. The molecule has 0 saturated carbocycles. The van der Waals surface area contributed by atoms with Crippen LogP contribution < -0.4 is 5.32 Å². The van der Waals surface area contributed by atoms with Crippen molar-refractivity contribution in [2.24, 2.45) is 0 Å². The van der Waals surface area contributed by atoms with Gasteiger partial charge in [-0.15, -0.1) is 0 Å². The minimum atomic E-state index is -0.285.